The van der Waals surface area contributed by atoms with Crippen LogP contribution in [0.3, 0.4) is 0 Å². The van der Waals surface area contributed by atoms with Crippen LogP contribution in [0, 0.1) is 5.92 Å². The number of nitrogens with one attached hydrogen (secondary N) is 1. The molecule has 0 amide bonds. The molecule has 0 aromatic carbocycles. The Hall–Kier alpha value is -0.800. The van der Waals surface area contributed by atoms with Crippen LogP contribution in [0.5, 0.6) is 0 Å². The number of furan rings is 1. The lowest BCUT2D eigenvalue weighted by Crippen LogP contribution is -2.25. The Labute approximate surface area is 104 Å². The first-order chi connectivity index (χ1) is 8.29. The highest BCUT2D eigenvalue weighted by Crippen LogP contribution is 2.27. The SMILES string of the molecule is CNCc1ccc(COC2CCCCC2C)o1. The molecule has 0 aliphatic heterocycles. The third kappa shape index (κ3) is 3.58. The number of hydrogen-bond acceptors (Lipinski definition) is 3. The lowest BCUT2D eigenvalue weighted by molar-refractivity contribution is -0.0222. The largest absolute Gasteiger partial charge is 0.462 e. The van der Waals surface area contributed by atoms with Crippen molar-refractivity contribution in [3.8, 4) is 0 Å². The second-order valence-electron chi connectivity index (χ2n) is 5.01. The van der Waals surface area contributed by atoms with Gasteiger partial charge < -0.3 is 14.5 Å². The second kappa shape index (κ2) is 6.22. The van der Waals surface area contributed by atoms with Crippen molar-refractivity contribution in [3.05, 3.63) is 23.7 Å². The van der Waals surface area contributed by atoms with Gasteiger partial charge in [0.15, 0.2) is 0 Å². The summed E-state index contributed by atoms with van der Waals surface area (Å²) in [6, 6.07) is 4.03. The maximum atomic E-state index is 5.96. The van der Waals surface area contributed by atoms with Crippen molar-refractivity contribution in [1.29, 1.82) is 0 Å². The lowest BCUT2D eigenvalue weighted by atomic mass is 9.88. The minimum Gasteiger partial charge on any atom is -0.462 e. The molecule has 0 radical (unpaired) electrons. The average Bonchev–Trinajstić information content (AvgIpc) is 2.76. The Morgan fingerprint density at radius 2 is 2.06 bits per heavy atom. The third-order valence-corrected chi connectivity index (χ3v) is 3.54. The molecule has 1 aromatic rings. The first-order valence-electron chi connectivity index (χ1n) is 6.63. The molecule has 1 heterocycles. The number of hydrogen-bond donors (Lipinski definition) is 1. The fraction of sp³-hybridized carbons (Fsp3) is 0.714. The molecule has 0 spiro atoms. The molecule has 2 rings (SSSR count). The Bertz CT molecular complexity index is 335. The van der Waals surface area contributed by atoms with Crippen molar-refractivity contribution >= 4 is 0 Å². The standard InChI is InChI=1S/C14H23NO2/c1-11-5-3-4-6-14(11)16-10-13-8-7-12(17-13)9-15-2/h7-8,11,14-15H,3-6,9-10H2,1-2H3. The van der Waals surface area contributed by atoms with Gasteiger partial charge in [0, 0.05) is 0 Å². The zero-order valence-corrected chi connectivity index (χ0v) is 10.9. The van der Waals surface area contributed by atoms with E-state index in [-0.39, 0.29) is 0 Å². The molecule has 96 valence electrons. The summed E-state index contributed by atoms with van der Waals surface area (Å²) in [5, 5.41) is 3.08. The molecule has 1 aliphatic rings. The smallest absolute Gasteiger partial charge is 0.129 e. The van der Waals surface area contributed by atoms with E-state index < -0.39 is 0 Å². The molecule has 2 unspecified atom stereocenters. The van der Waals surface area contributed by atoms with Crippen molar-refractivity contribution < 1.29 is 9.15 Å². The van der Waals surface area contributed by atoms with E-state index in [1.165, 1.54) is 25.7 Å². The summed E-state index contributed by atoms with van der Waals surface area (Å²) in [6.07, 6.45) is 5.58. The van der Waals surface area contributed by atoms with Gasteiger partial charge in [-0.3, -0.25) is 0 Å². The molecule has 0 bridgehead atoms. The Morgan fingerprint density at radius 3 is 2.82 bits per heavy atom. The Kier molecular flexibility index (Phi) is 4.63. The normalized spacial score (nSPS) is 25.1. The van der Waals surface area contributed by atoms with E-state index >= 15 is 0 Å². The molecule has 1 aliphatic carbocycles. The van der Waals surface area contributed by atoms with Gasteiger partial charge in [0.25, 0.3) is 0 Å². The van der Waals surface area contributed by atoms with Crippen LogP contribution < -0.4 is 5.32 Å². The van der Waals surface area contributed by atoms with Crippen molar-refractivity contribution in [2.24, 2.45) is 5.92 Å². The van der Waals surface area contributed by atoms with Gasteiger partial charge in [0.1, 0.15) is 18.1 Å². The molecule has 1 aromatic heterocycles. The van der Waals surface area contributed by atoms with E-state index in [9.17, 15) is 0 Å². The molecular formula is C14H23NO2. The zero-order valence-electron chi connectivity index (χ0n) is 10.9. The van der Waals surface area contributed by atoms with Crippen molar-refractivity contribution in [1.82, 2.24) is 5.32 Å². The van der Waals surface area contributed by atoms with Gasteiger partial charge in [-0.25, -0.2) is 0 Å². The van der Waals surface area contributed by atoms with E-state index in [0.29, 0.717) is 18.6 Å². The minimum atomic E-state index is 0.418. The maximum Gasteiger partial charge on any atom is 0.129 e. The predicted octanol–water partition coefficient (Wildman–Crippen LogP) is 3.09. The molecule has 1 saturated carbocycles. The quantitative estimate of drug-likeness (QED) is 0.854. The van der Waals surface area contributed by atoms with Crippen LogP contribution in [-0.2, 0) is 17.9 Å². The number of rotatable bonds is 5. The molecule has 1 fully saturated rings. The third-order valence-electron chi connectivity index (χ3n) is 3.54. The highest BCUT2D eigenvalue weighted by Gasteiger charge is 2.22. The van der Waals surface area contributed by atoms with Crippen LogP contribution in [0.4, 0.5) is 0 Å². The minimum absolute atomic E-state index is 0.418. The molecule has 1 N–H and O–H groups in total. The summed E-state index contributed by atoms with van der Waals surface area (Å²) in [4.78, 5) is 0. The molecule has 3 nitrogen and oxygen atoms in total. The van der Waals surface area contributed by atoms with Crippen molar-refractivity contribution in [2.75, 3.05) is 7.05 Å². The summed E-state index contributed by atoms with van der Waals surface area (Å²) < 4.78 is 11.6. The van der Waals surface area contributed by atoms with Gasteiger partial charge >= 0.3 is 0 Å². The first kappa shape index (κ1) is 12.7. The molecule has 2 atom stereocenters. The van der Waals surface area contributed by atoms with E-state index in [2.05, 4.69) is 12.2 Å². The molecule has 17 heavy (non-hydrogen) atoms. The van der Waals surface area contributed by atoms with E-state index in [1.807, 2.05) is 19.2 Å². The average molecular weight is 237 g/mol. The van der Waals surface area contributed by atoms with Gasteiger partial charge in [-0.2, -0.15) is 0 Å². The molecule has 0 saturated heterocycles. The fourth-order valence-corrected chi connectivity index (χ4v) is 2.49. The van der Waals surface area contributed by atoms with E-state index in [4.69, 9.17) is 9.15 Å². The van der Waals surface area contributed by atoms with Crippen molar-refractivity contribution in [2.45, 2.75) is 51.9 Å². The van der Waals surface area contributed by atoms with E-state index in [1.54, 1.807) is 0 Å². The van der Waals surface area contributed by atoms with Crippen LogP contribution in [0.2, 0.25) is 0 Å². The van der Waals surface area contributed by atoms with Gasteiger partial charge in [-0.1, -0.05) is 19.8 Å². The van der Waals surface area contributed by atoms with Gasteiger partial charge in [-0.15, -0.1) is 0 Å². The van der Waals surface area contributed by atoms with Crippen molar-refractivity contribution in [3.63, 3.8) is 0 Å². The summed E-state index contributed by atoms with van der Waals surface area (Å²) in [5.41, 5.74) is 0. The summed E-state index contributed by atoms with van der Waals surface area (Å²) in [7, 11) is 1.92. The fourth-order valence-electron chi connectivity index (χ4n) is 2.49. The maximum absolute atomic E-state index is 5.96. The predicted molar refractivity (Wildman–Crippen MR) is 67.7 cm³/mol. The Morgan fingerprint density at radius 1 is 1.29 bits per heavy atom. The van der Waals surface area contributed by atoms with Crippen LogP contribution in [0.1, 0.15) is 44.1 Å². The van der Waals surface area contributed by atoms with Gasteiger partial charge in [0.2, 0.25) is 0 Å². The van der Waals surface area contributed by atoms with Crippen LogP contribution in [-0.4, -0.2) is 13.2 Å². The highest BCUT2D eigenvalue weighted by molar-refractivity contribution is 5.06. The van der Waals surface area contributed by atoms with Crippen LogP contribution in [0.25, 0.3) is 0 Å². The molecule has 3 heteroatoms. The monoisotopic (exact) mass is 237 g/mol. The first-order valence-corrected chi connectivity index (χ1v) is 6.63. The Balaban J connectivity index is 1.79. The van der Waals surface area contributed by atoms with Gasteiger partial charge in [0.05, 0.1) is 12.6 Å². The summed E-state index contributed by atoms with van der Waals surface area (Å²) in [5.74, 6) is 2.60. The second-order valence-corrected chi connectivity index (χ2v) is 5.01. The summed E-state index contributed by atoms with van der Waals surface area (Å²) in [6.45, 7) is 3.68. The lowest BCUT2D eigenvalue weighted by Gasteiger charge is -2.28. The topological polar surface area (TPSA) is 34.4 Å². The van der Waals surface area contributed by atoms with Crippen LogP contribution >= 0.6 is 0 Å². The van der Waals surface area contributed by atoms with E-state index in [0.717, 1.165) is 18.1 Å². The highest BCUT2D eigenvalue weighted by atomic mass is 16.5. The number of ether oxygens (including phenoxy) is 1. The van der Waals surface area contributed by atoms with Gasteiger partial charge in [-0.05, 0) is 37.9 Å². The zero-order chi connectivity index (χ0) is 12.1. The van der Waals surface area contributed by atoms with Crippen LogP contribution in [0.15, 0.2) is 16.5 Å². The molecular weight excluding hydrogens is 214 g/mol. The summed E-state index contributed by atoms with van der Waals surface area (Å²) >= 11 is 0.